The number of rotatable bonds is 6. The quantitative estimate of drug-likeness (QED) is 0.714. The molecular weight excluding hydrogens is 360 g/mol. The van der Waals surface area contributed by atoms with Crippen LogP contribution in [0.25, 0.3) is 0 Å². The second-order valence-electron chi connectivity index (χ2n) is 4.78. The molecule has 23 heavy (non-hydrogen) atoms. The molecule has 2 rings (SSSR count). The van der Waals surface area contributed by atoms with Crippen LogP contribution in [0.4, 0.5) is 0 Å². The molecule has 0 radical (unpaired) electrons. The van der Waals surface area contributed by atoms with Crippen LogP contribution in [-0.2, 0) is 15.9 Å². The van der Waals surface area contributed by atoms with Gasteiger partial charge in [0.15, 0.2) is 0 Å². The van der Waals surface area contributed by atoms with Crippen LogP contribution in [-0.4, -0.2) is 25.2 Å². The van der Waals surface area contributed by atoms with Crippen molar-refractivity contribution in [1.29, 1.82) is 0 Å². The summed E-state index contributed by atoms with van der Waals surface area (Å²) in [7, 11) is 0. The molecule has 120 valence electrons. The number of carbonyl (C=O) groups excluding carboxylic acids is 2. The molecule has 0 aromatic heterocycles. The second kappa shape index (κ2) is 8.48. The molecule has 0 amide bonds. The minimum atomic E-state index is -0.524. The van der Waals surface area contributed by atoms with E-state index >= 15 is 0 Å². The Morgan fingerprint density at radius 3 is 2.22 bits per heavy atom. The Bertz CT molecular complexity index is 697. The van der Waals surface area contributed by atoms with E-state index in [4.69, 9.17) is 9.47 Å². The number of hydrogen-bond donors (Lipinski definition) is 0. The summed E-state index contributed by atoms with van der Waals surface area (Å²) in [6.45, 7) is 2.22. The third-order valence-electron chi connectivity index (χ3n) is 3.16. The molecule has 2 aromatic rings. The highest BCUT2D eigenvalue weighted by atomic mass is 79.9. The highest BCUT2D eigenvalue weighted by Crippen LogP contribution is 2.14. The second-order valence-corrected chi connectivity index (χ2v) is 5.70. The molecule has 0 spiro atoms. The molecule has 0 saturated carbocycles. The molecule has 0 atom stereocenters. The van der Waals surface area contributed by atoms with Crippen molar-refractivity contribution in [2.24, 2.45) is 0 Å². The van der Waals surface area contributed by atoms with E-state index in [0.29, 0.717) is 6.42 Å². The van der Waals surface area contributed by atoms with Crippen molar-refractivity contribution in [3.63, 3.8) is 0 Å². The van der Waals surface area contributed by atoms with Gasteiger partial charge in [0.2, 0.25) is 0 Å². The van der Waals surface area contributed by atoms with Gasteiger partial charge in [-0.2, -0.15) is 0 Å². The van der Waals surface area contributed by atoms with Crippen LogP contribution in [0, 0.1) is 0 Å². The number of benzene rings is 2. The molecule has 0 fully saturated rings. The van der Waals surface area contributed by atoms with Crippen molar-refractivity contribution in [2.45, 2.75) is 13.3 Å². The van der Waals surface area contributed by atoms with E-state index in [9.17, 15) is 9.59 Å². The lowest BCUT2D eigenvalue weighted by Crippen LogP contribution is -2.15. The molecule has 0 aliphatic rings. The first-order valence-corrected chi connectivity index (χ1v) is 8.09. The molecule has 0 heterocycles. The Labute approximate surface area is 143 Å². The molecule has 0 aliphatic heterocycles. The van der Waals surface area contributed by atoms with Crippen LogP contribution in [0.1, 0.15) is 33.2 Å². The van der Waals surface area contributed by atoms with Crippen molar-refractivity contribution >= 4 is 27.9 Å². The van der Waals surface area contributed by atoms with Gasteiger partial charge in [-0.3, -0.25) is 0 Å². The maximum atomic E-state index is 12.2. The largest absolute Gasteiger partial charge is 0.462 e. The van der Waals surface area contributed by atoms with E-state index in [0.717, 1.165) is 10.0 Å². The molecule has 5 heteroatoms. The van der Waals surface area contributed by atoms with E-state index in [1.54, 1.807) is 31.2 Å². The van der Waals surface area contributed by atoms with Crippen LogP contribution in [0.2, 0.25) is 0 Å². The summed E-state index contributed by atoms with van der Waals surface area (Å²) in [5.74, 6) is -1.05. The maximum Gasteiger partial charge on any atom is 0.339 e. The predicted molar refractivity (Wildman–Crippen MR) is 90.5 cm³/mol. The number of carbonyl (C=O) groups is 2. The van der Waals surface area contributed by atoms with Crippen molar-refractivity contribution in [3.05, 3.63) is 69.7 Å². The molecule has 0 aliphatic carbocycles. The molecule has 0 saturated heterocycles. The summed E-state index contributed by atoms with van der Waals surface area (Å²) >= 11 is 3.40. The van der Waals surface area contributed by atoms with Crippen molar-refractivity contribution in [1.82, 2.24) is 0 Å². The monoisotopic (exact) mass is 376 g/mol. The lowest BCUT2D eigenvalue weighted by Gasteiger charge is -2.09. The van der Waals surface area contributed by atoms with Crippen LogP contribution in [0.15, 0.2) is 53.0 Å². The van der Waals surface area contributed by atoms with Crippen LogP contribution in [0.5, 0.6) is 0 Å². The summed E-state index contributed by atoms with van der Waals surface area (Å²) in [5.41, 5.74) is 1.51. The van der Waals surface area contributed by atoms with Gasteiger partial charge in [0.25, 0.3) is 0 Å². The van der Waals surface area contributed by atoms with Gasteiger partial charge < -0.3 is 9.47 Å². The molecule has 0 bridgehead atoms. The minimum Gasteiger partial charge on any atom is -0.462 e. The summed E-state index contributed by atoms with van der Waals surface area (Å²) in [6.07, 6.45) is 0.604. The molecular formula is C18H17BrO4. The summed E-state index contributed by atoms with van der Waals surface area (Å²) < 4.78 is 11.2. The minimum absolute atomic E-state index is 0.222. The Balaban J connectivity index is 1.99. The first-order valence-electron chi connectivity index (χ1n) is 7.29. The number of hydrogen-bond acceptors (Lipinski definition) is 4. The highest BCUT2D eigenvalue weighted by molar-refractivity contribution is 9.10. The third kappa shape index (κ3) is 4.93. The Hall–Kier alpha value is -2.14. The normalized spacial score (nSPS) is 10.2. The van der Waals surface area contributed by atoms with Gasteiger partial charge in [-0.1, -0.05) is 40.2 Å². The SMILES string of the molecule is CCOC(=O)c1ccccc1C(=O)OCCc1cccc(Br)c1. The van der Waals surface area contributed by atoms with Crippen molar-refractivity contribution in [2.75, 3.05) is 13.2 Å². The summed E-state index contributed by atoms with van der Waals surface area (Å²) in [6, 6.07) is 14.3. The van der Waals surface area contributed by atoms with Gasteiger partial charge in [0.05, 0.1) is 24.3 Å². The zero-order chi connectivity index (χ0) is 16.7. The number of halogens is 1. The van der Waals surface area contributed by atoms with Gasteiger partial charge in [-0.25, -0.2) is 9.59 Å². The fraction of sp³-hybridized carbons (Fsp3) is 0.222. The van der Waals surface area contributed by atoms with E-state index in [2.05, 4.69) is 15.9 Å². The Morgan fingerprint density at radius 2 is 1.61 bits per heavy atom. The lowest BCUT2D eigenvalue weighted by atomic mass is 10.1. The number of ether oxygens (including phenoxy) is 2. The number of esters is 2. The zero-order valence-electron chi connectivity index (χ0n) is 12.8. The first kappa shape index (κ1) is 17.2. The fourth-order valence-electron chi connectivity index (χ4n) is 2.08. The third-order valence-corrected chi connectivity index (χ3v) is 3.65. The summed E-state index contributed by atoms with van der Waals surface area (Å²) in [4.78, 5) is 24.1. The standard InChI is InChI=1S/C18H17BrO4/c1-2-22-17(20)15-8-3-4-9-16(15)18(21)23-11-10-13-6-5-7-14(19)12-13/h3-9,12H,2,10-11H2,1H3. The van der Waals surface area contributed by atoms with Gasteiger partial charge in [-0.05, 0) is 36.8 Å². The van der Waals surface area contributed by atoms with Crippen LogP contribution < -0.4 is 0 Å². The van der Waals surface area contributed by atoms with Gasteiger partial charge in [0.1, 0.15) is 0 Å². The zero-order valence-corrected chi connectivity index (χ0v) is 14.3. The molecule has 0 N–H and O–H groups in total. The molecule has 2 aromatic carbocycles. The topological polar surface area (TPSA) is 52.6 Å². The van der Waals surface area contributed by atoms with E-state index in [1.165, 1.54) is 0 Å². The average molecular weight is 377 g/mol. The van der Waals surface area contributed by atoms with Crippen LogP contribution >= 0.6 is 15.9 Å². The average Bonchev–Trinajstić information content (AvgIpc) is 2.55. The van der Waals surface area contributed by atoms with E-state index in [1.807, 2.05) is 24.3 Å². The molecule has 4 nitrogen and oxygen atoms in total. The first-order chi connectivity index (χ1) is 11.1. The van der Waals surface area contributed by atoms with Gasteiger partial charge in [0, 0.05) is 10.9 Å². The lowest BCUT2D eigenvalue weighted by molar-refractivity contribution is 0.0469. The van der Waals surface area contributed by atoms with Gasteiger partial charge >= 0.3 is 11.9 Å². The van der Waals surface area contributed by atoms with Gasteiger partial charge in [-0.15, -0.1) is 0 Å². The van der Waals surface area contributed by atoms with E-state index < -0.39 is 11.9 Å². The highest BCUT2D eigenvalue weighted by Gasteiger charge is 2.18. The van der Waals surface area contributed by atoms with Crippen molar-refractivity contribution in [3.8, 4) is 0 Å². The fourth-order valence-corrected chi connectivity index (χ4v) is 2.53. The van der Waals surface area contributed by atoms with E-state index in [-0.39, 0.29) is 24.3 Å². The summed E-state index contributed by atoms with van der Waals surface area (Å²) in [5, 5.41) is 0. The smallest absolute Gasteiger partial charge is 0.339 e. The Kier molecular flexibility index (Phi) is 6.35. The molecule has 0 unspecified atom stereocenters. The predicted octanol–water partition coefficient (Wildman–Crippen LogP) is 4.03. The van der Waals surface area contributed by atoms with Crippen molar-refractivity contribution < 1.29 is 19.1 Å². The Morgan fingerprint density at radius 1 is 0.957 bits per heavy atom. The van der Waals surface area contributed by atoms with Crippen LogP contribution in [0.3, 0.4) is 0 Å². The maximum absolute atomic E-state index is 12.2.